The van der Waals surface area contributed by atoms with Gasteiger partial charge >= 0.3 is 0 Å². The number of rotatable bonds is 4. The second kappa shape index (κ2) is 6.46. The number of nitrogens with one attached hydrogen (secondary N) is 1. The summed E-state index contributed by atoms with van der Waals surface area (Å²) in [6.45, 7) is 5.50. The maximum absolute atomic E-state index is 12.9. The number of benzene rings is 1. The zero-order valence-electron chi connectivity index (χ0n) is 14.4. The molecular weight excluding hydrogens is 326 g/mol. The van der Waals surface area contributed by atoms with Crippen LogP contribution in [0.1, 0.15) is 25.8 Å². The molecule has 1 N–H and O–H groups in total. The second-order valence-corrected chi connectivity index (χ2v) is 8.75. The van der Waals surface area contributed by atoms with Crippen molar-refractivity contribution in [3.05, 3.63) is 23.8 Å². The molecule has 0 aliphatic carbocycles. The predicted octanol–water partition coefficient (Wildman–Crippen LogP) is 1.21. The van der Waals surface area contributed by atoms with Crippen molar-refractivity contribution in [2.75, 3.05) is 31.6 Å². The minimum absolute atomic E-state index is 0.00805. The highest BCUT2D eigenvalue weighted by Gasteiger charge is 2.34. The van der Waals surface area contributed by atoms with Crippen LogP contribution in [0.25, 0.3) is 0 Å². The molecule has 0 radical (unpaired) electrons. The van der Waals surface area contributed by atoms with Gasteiger partial charge in [-0.15, -0.1) is 0 Å². The van der Waals surface area contributed by atoms with Crippen LogP contribution in [0.15, 0.2) is 23.1 Å². The van der Waals surface area contributed by atoms with Gasteiger partial charge in [0.15, 0.2) is 0 Å². The molecule has 2 heterocycles. The third-order valence-corrected chi connectivity index (χ3v) is 6.85. The Bertz CT molecular complexity index is 747. The molecule has 1 aromatic rings. The zero-order valence-corrected chi connectivity index (χ0v) is 15.3. The maximum Gasteiger partial charge on any atom is 0.243 e. The molecule has 3 rings (SSSR count). The van der Waals surface area contributed by atoms with E-state index in [-0.39, 0.29) is 11.9 Å². The molecule has 2 aliphatic rings. The first-order chi connectivity index (χ1) is 11.3. The van der Waals surface area contributed by atoms with Crippen LogP contribution in [0, 0.1) is 5.92 Å². The van der Waals surface area contributed by atoms with Crippen molar-refractivity contribution >= 4 is 21.6 Å². The summed E-state index contributed by atoms with van der Waals surface area (Å²) >= 11 is 0. The van der Waals surface area contributed by atoms with E-state index in [4.69, 9.17) is 0 Å². The molecule has 0 bridgehead atoms. The number of hydrogen-bond donors (Lipinski definition) is 1. The van der Waals surface area contributed by atoms with E-state index in [1.165, 1.54) is 0 Å². The van der Waals surface area contributed by atoms with Crippen molar-refractivity contribution < 1.29 is 13.2 Å². The van der Waals surface area contributed by atoms with Gasteiger partial charge in [0, 0.05) is 31.7 Å². The summed E-state index contributed by atoms with van der Waals surface area (Å²) in [5, 5.41) is 3.12. The molecule has 0 spiro atoms. The van der Waals surface area contributed by atoms with Crippen LogP contribution < -0.4 is 10.2 Å². The minimum Gasteiger partial charge on any atom is -0.319 e. The number of carbonyl (C=O) groups excluding carboxylic acids is 1. The van der Waals surface area contributed by atoms with Gasteiger partial charge < -0.3 is 10.2 Å². The second-order valence-electron chi connectivity index (χ2n) is 6.81. The Hall–Kier alpha value is -1.44. The number of sulfonamides is 1. The quantitative estimate of drug-likeness (QED) is 0.885. The van der Waals surface area contributed by atoms with E-state index >= 15 is 0 Å². The van der Waals surface area contributed by atoms with Gasteiger partial charge in [-0.2, -0.15) is 4.31 Å². The average Bonchev–Trinajstić information content (AvgIpc) is 3.10. The van der Waals surface area contributed by atoms with Gasteiger partial charge in [-0.1, -0.05) is 0 Å². The summed E-state index contributed by atoms with van der Waals surface area (Å²) in [6, 6.07) is 5.22. The molecule has 24 heavy (non-hydrogen) atoms. The third-order valence-electron chi connectivity index (χ3n) is 4.99. The van der Waals surface area contributed by atoms with Crippen LogP contribution in [-0.4, -0.2) is 51.4 Å². The first-order valence-electron chi connectivity index (χ1n) is 8.42. The van der Waals surface area contributed by atoms with E-state index in [1.54, 1.807) is 34.3 Å². The lowest BCUT2D eigenvalue weighted by Gasteiger charge is -2.21. The Balaban J connectivity index is 1.86. The Labute approximate surface area is 143 Å². The maximum atomic E-state index is 12.9. The number of hydrogen-bond acceptors (Lipinski definition) is 4. The lowest BCUT2D eigenvalue weighted by atomic mass is 10.1. The van der Waals surface area contributed by atoms with Crippen molar-refractivity contribution in [3.63, 3.8) is 0 Å². The first-order valence-corrected chi connectivity index (χ1v) is 9.86. The Morgan fingerprint density at radius 3 is 2.79 bits per heavy atom. The van der Waals surface area contributed by atoms with Crippen LogP contribution in [0.2, 0.25) is 0 Å². The molecule has 1 amide bonds. The fourth-order valence-electron chi connectivity index (χ4n) is 3.87. The highest BCUT2D eigenvalue weighted by Crippen LogP contribution is 2.35. The lowest BCUT2D eigenvalue weighted by molar-refractivity contribution is -0.116. The SMILES string of the molecule is CNCC1CCN(S(=O)(=O)c2ccc3c(c2)CC(C)N3C(C)=O)C1. The standard InChI is InChI=1S/C17H25N3O3S/c1-12-8-15-9-16(4-5-17(15)20(12)13(2)21)24(22,23)19-7-6-14(11-19)10-18-3/h4-5,9,12,14,18H,6-8,10-11H2,1-3H3. The Kier molecular flexibility index (Phi) is 4.68. The first kappa shape index (κ1) is 17.4. The molecular formula is C17H25N3O3S. The number of carbonyl (C=O) groups is 1. The van der Waals surface area contributed by atoms with Crippen molar-refractivity contribution in [2.24, 2.45) is 5.92 Å². The number of anilines is 1. The van der Waals surface area contributed by atoms with Crippen molar-refractivity contribution in [1.29, 1.82) is 0 Å². The minimum atomic E-state index is -3.46. The van der Waals surface area contributed by atoms with E-state index in [1.807, 2.05) is 14.0 Å². The summed E-state index contributed by atoms with van der Waals surface area (Å²) in [5.41, 5.74) is 1.77. The summed E-state index contributed by atoms with van der Waals surface area (Å²) in [4.78, 5) is 13.9. The van der Waals surface area contributed by atoms with Crippen LogP contribution in [0.3, 0.4) is 0 Å². The fraction of sp³-hybridized carbons (Fsp3) is 0.588. The molecule has 2 aliphatic heterocycles. The van der Waals surface area contributed by atoms with E-state index in [0.717, 1.165) is 24.2 Å². The van der Waals surface area contributed by atoms with Crippen LogP contribution in [0.4, 0.5) is 5.69 Å². The molecule has 0 saturated carbocycles. The van der Waals surface area contributed by atoms with Gasteiger partial charge in [-0.3, -0.25) is 4.79 Å². The Morgan fingerprint density at radius 2 is 2.12 bits per heavy atom. The highest BCUT2D eigenvalue weighted by atomic mass is 32.2. The van der Waals surface area contributed by atoms with E-state index in [0.29, 0.717) is 30.3 Å². The van der Waals surface area contributed by atoms with Crippen LogP contribution >= 0.6 is 0 Å². The highest BCUT2D eigenvalue weighted by molar-refractivity contribution is 7.89. The molecule has 2 atom stereocenters. The monoisotopic (exact) mass is 351 g/mol. The summed E-state index contributed by atoms with van der Waals surface area (Å²) < 4.78 is 27.4. The number of fused-ring (bicyclic) bond motifs is 1. The van der Waals surface area contributed by atoms with Gasteiger partial charge in [-0.25, -0.2) is 8.42 Å². The predicted molar refractivity (Wildman–Crippen MR) is 93.6 cm³/mol. The average molecular weight is 351 g/mol. The van der Waals surface area contributed by atoms with Gasteiger partial charge in [0.2, 0.25) is 15.9 Å². The zero-order chi connectivity index (χ0) is 17.5. The topological polar surface area (TPSA) is 69.7 Å². The molecule has 1 fully saturated rings. The lowest BCUT2D eigenvalue weighted by Crippen LogP contribution is -2.33. The van der Waals surface area contributed by atoms with Gasteiger partial charge in [-0.05, 0) is 63.0 Å². The molecule has 2 unspecified atom stereocenters. The van der Waals surface area contributed by atoms with E-state index in [2.05, 4.69) is 5.32 Å². The van der Waals surface area contributed by atoms with Crippen LogP contribution in [0.5, 0.6) is 0 Å². The van der Waals surface area contributed by atoms with Crippen molar-refractivity contribution in [1.82, 2.24) is 9.62 Å². The van der Waals surface area contributed by atoms with Crippen LogP contribution in [-0.2, 0) is 21.2 Å². The third kappa shape index (κ3) is 2.96. The van der Waals surface area contributed by atoms with E-state index < -0.39 is 10.0 Å². The number of amides is 1. The fourth-order valence-corrected chi connectivity index (χ4v) is 5.45. The molecule has 132 valence electrons. The molecule has 1 saturated heterocycles. The molecule has 6 nitrogen and oxygen atoms in total. The summed E-state index contributed by atoms with van der Waals surface area (Å²) in [5.74, 6) is 0.360. The van der Waals surface area contributed by atoms with Gasteiger partial charge in [0.1, 0.15) is 0 Å². The molecule has 7 heteroatoms. The molecule has 1 aromatic carbocycles. The Morgan fingerprint density at radius 1 is 1.38 bits per heavy atom. The van der Waals surface area contributed by atoms with Gasteiger partial charge in [0.05, 0.1) is 4.90 Å². The number of nitrogens with zero attached hydrogens (tertiary/aromatic N) is 2. The smallest absolute Gasteiger partial charge is 0.243 e. The summed E-state index contributed by atoms with van der Waals surface area (Å²) in [7, 11) is -1.58. The van der Waals surface area contributed by atoms with Crippen molar-refractivity contribution in [3.8, 4) is 0 Å². The summed E-state index contributed by atoms with van der Waals surface area (Å²) in [6.07, 6.45) is 1.58. The normalized spacial score (nSPS) is 24.4. The van der Waals surface area contributed by atoms with E-state index in [9.17, 15) is 13.2 Å². The molecule has 0 aromatic heterocycles. The van der Waals surface area contributed by atoms with Gasteiger partial charge in [0.25, 0.3) is 0 Å². The largest absolute Gasteiger partial charge is 0.319 e. The van der Waals surface area contributed by atoms with Crippen molar-refractivity contribution in [2.45, 2.75) is 37.6 Å².